The monoisotopic (exact) mass is 483 g/mol. The summed E-state index contributed by atoms with van der Waals surface area (Å²) >= 11 is 1.53. The molecule has 1 aliphatic rings. The largest absolute Gasteiger partial charge is 0.497 e. The summed E-state index contributed by atoms with van der Waals surface area (Å²) in [7, 11) is 1.62. The van der Waals surface area contributed by atoms with E-state index in [1.54, 1.807) is 7.11 Å². The third-order valence-corrected chi connectivity index (χ3v) is 6.43. The second kappa shape index (κ2) is 11.9. The van der Waals surface area contributed by atoms with E-state index in [0.717, 1.165) is 27.3 Å². The van der Waals surface area contributed by atoms with Crippen LogP contribution in [-0.4, -0.2) is 44.1 Å². The second-order valence-electron chi connectivity index (χ2n) is 8.14. The van der Waals surface area contributed by atoms with E-state index in [9.17, 15) is 14.9 Å². The number of carbonyl (C=O) groups excluding carboxylic acids is 2. The van der Waals surface area contributed by atoms with E-state index in [-0.39, 0.29) is 30.8 Å². The van der Waals surface area contributed by atoms with Crippen molar-refractivity contribution in [2.75, 3.05) is 20.0 Å². The van der Waals surface area contributed by atoms with Gasteiger partial charge in [-0.3, -0.25) is 9.59 Å². The zero-order chi connectivity index (χ0) is 24.7. The molecule has 180 valence electrons. The smallest absolute Gasteiger partial charge is 0.302 e. The van der Waals surface area contributed by atoms with Crippen LogP contribution in [0.3, 0.4) is 0 Å². The Labute approximate surface area is 204 Å². The first-order valence-corrected chi connectivity index (χ1v) is 12.2. The maximum absolute atomic E-state index is 11.6. The summed E-state index contributed by atoms with van der Waals surface area (Å²) in [6, 6.07) is 14.0. The number of nitrogens with zero attached hydrogens (tertiary/aromatic N) is 1. The number of ether oxygens (including phenoxy) is 4. The molecule has 0 bridgehead atoms. The molecule has 0 N–H and O–H groups in total. The van der Waals surface area contributed by atoms with Crippen molar-refractivity contribution in [1.29, 1.82) is 5.26 Å². The van der Waals surface area contributed by atoms with Gasteiger partial charge in [0.1, 0.15) is 18.5 Å². The molecule has 2 aromatic rings. The Hall–Kier alpha value is -3.02. The summed E-state index contributed by atoms with van der Waals surface area (Å²) in [5, 5.41) is 9.79. The summed E-state index contributed by atoms with van der Waals surface area (Å²) in [4.78, 5) is 23.9. The van der Waals surface area contributed by atoms with Crippen LogP contribution in [0.2, 0.25) is 0 Å². The number of hydrogen-bond acceptors (Lipinski definition) is 8. The van der Waals surface area contributed by atoms with Gasteiger partial charge >= 0.3 is 11.9 Å². The number of rotatable bonds is 8. The minimum absolute atomic E-state index is 0.0905. The van der Waals surface area contributed by atoms with Crippen LogP contribution >= 0.6 is 11.8 Å². The SMILES string of the molecule is COc1ccc(Cc2cc(C3CC(OC(C)=O)CC(COC(C)=O)O3)c(SC)cc2C#N)cc1. The molecule has 0 radical (unpaired) electrons. The highest BCUT2D eigenvalue weighted by Crippen LogP contribution is 2.39. The number of methoxy groups -OCH3 is 1. The lowest BCUT2D eigenvalue weighted by Crippen LogP contribution is -2.37. The zero-order valence-corrected chi connectivity index (χ0v) is 20.6. The summed E-state index contributed by atoms with van der Waals surface area (Å²) in [6.45, 7) is 2.82. The molecular formula is C26H29NO6S. The third kappa shape index (κ3) is 6.75. The summed E-state index contributed by atoms with van der Waals surface area (Å²) in [5.41, 5.74) is 3.47. The normalized spacial score (nSPS) is 19.7. The van der Waals surface area contributed by atoms with E-state index >= 15 is 0 Å². The second-order valence-corrected chi connectivity index (χ2v) is 8.99. The van der Waals surface area contributed by atoms with Crippen molar-refractivity contribution in [1.82, 2.24) is 0 Å². The van der Waals surface area contributed by atoms with Gasteiger partial charge in [0.25, 0.3) is 0 Å². The van der Waals surface area contributed by atoms with Gasteiger partial charge in [-0.05, 0) is 47.6 Å². The van der Waals surface area contributed by atoms with Crippen molar-refractivity contribution in [2.24, 2.45) is 0 Å². The Morgan fingerprint density at radius 1 is 1.15 bits per heavy atom. The Kier molecular flexibility index (Phi) is 8.97. The fraction of sp³-hybridized carbons (Fsp3) is 0.423. The van der Waals surface area contributed by atoms with Gasteiger partial charge in [-0.25, -0.2) is 0 Å². The Balaban J connectivity index is 1.94. The third-order valence-electron chi connectivity index (χ3n) is 5.64. The van der Waals surface area contributed by atoms with Crippen LogP contribution in [-0.2, 0) is 30.2 Å². The molecule has 2 aromatic carbocycles. The molecular weight excluding hydrogens is 454 g/mol. The van der Waals surface area contributed by atoms with Crippen molar-refractivity contribution in [3.63, 3.8) is 0 Å². The molecule has 0 aliphatic carbocycles. The molecule has 3 atom stereocenters. The van der Waals surface area contributed by atoms with Gasteiger partial charge in [-0.15, -0.1) is 11.8 Å². The highest BCUT2D eigenvalue weighted by atomic mass is 32.2. The van der Waals surface area contributed by atoms with Crippen molar-refractivity contribution in [2.45, 2.75) is 56.3 Å². The van der Waals surface area contributed by atoms with E-state index in [1.807, 2.05) is 42.7 Å². The molecule has 0 saturated carbocycles. The van der Waals surface area contributed by atoms with E-state index in [0.29, 0.717) is 24.8 Å². The predicted molar refractivity (Wildman–Crippen MR) is 128 cm³/mol. The highest BCUT2D eigenvalue weighted by molar-refractivity contribution is 7.98. The lowest BCUT2D eigenvalue weighted by molar-refractivity contribution is -0.169. The molecule has 1 heterocycles. The molecule has 3 rings (SSSR count). The molecule has 0 amide bonds. The molecule has 1 saturated heterocycles. The van der Waals surface area contributed by atoms with Crippen molar-refractivity contribution >= 4 is 23.7 Å². The number of hydrogen-bond donors (Lipinski definition) is 0. The van der Waals surface area contributed by atoms with Crippen LogP contribution in [0.15, 0.2) is 41.3 Å². The van der Waals surface area contributed by atoms with Crippen LogP contribution in [0.25, 0.3) is 0 Å². The number of thioether (sulfide) groups is 1. The minimum atomic E-state index is -0.401. The maximum Gasteiger partial charge on any atom is 0.302 e. The highest BCUT2D eigenvalue weighted by Gasteiger charge is 2.34. The molecule has 0 aromatic heterocycles. The lowest BCUT2D eigenvalue weighted by atomic mass is 9.91. The molecule has 1 fully saturated rings. The average molecular weight is 484 g/mol. The van der Waals surface area contributed by atoms with Crippen molar-refractivity contribution < 1.29 is 28.5 Å². The van der Waals surface area contributed by atoms with Crippen molar-refractivity contribution in [3.05, 3.63) is 58.7 Å². The van der Waals surface area contributed by atoms with Gasteiger partial charge < -0.3 is 18.9 Å². The molecule has 1 aliphatic heterocycles. The molecule has 3 unspecified atom stereocenters. The van der Waals surface area contributed by atoms with Gasteiger partial charge in [-0.2, -0.15) is 5.26 Å². The molecule has 8 heteroatoms. The number of esters is 2. The predicted octanol–water partition coefficient (Wildman–Crippen LogP) is 4.59. The lowest BCUT2D eigenvalue weighted by Gasteiger charge is -2.35. The van der Waals surface area contributed by atoms with E-state index in [2.05, 4.69) is 6.07 Å². The Morgan fingerprint density at radius 2 is 1.88 bits per heavy atom. The molecule has 7 nitrogen and oxygen atoms in total. The fourth-order valence-electron chi connectivity index (χ4n) is 4.11. The first-order valence-electron chi connectivity index (χ1n) is 11.0. The van der Waals surface area contributed by atoms with Gasteiger partial charge in [0.15, 0.2) is 0 Å². The fourth-order valence-corrected chi connectivity index (χ4v) is 4.77. The topological polar surface area (TPSA) is 94.8 Å². The van der Waals surface area contributed by atoms with Crippen LogP contribution < -0.4 is 4.74 Å². The van der Waals surface area contributed by atoms with Crippen molar-refractivity contribution in [3.8, 4) is 11.8 Å². The summed E-state index contributed by atoms with van der Waals surface area (Å²) in [5.74, 6) is 0.0235. The molecule has 0 spiro atoms. The Morgan fingerprint density at radius 3 is 2.47 bits per heavy atom. The summed E-state index contributed by atoms with van der Waals surface area (Å²) < 4.78 is 22.2. The first kappa shape index (κ1) is 25.6. The summed E-state index contributed by atoms with van der Waals surface area (Å²) in [6.07, 6.45) is 2.33. The number of nitriles is 1. The van der Waals surface area contributed by atoms with E-state index < -0.39 is 6.10 Å². The van der Waals surface area contributed by atoms with Crippen LogP contribution in [0, 0.1) is 11.3 Å². The number of benzene rings is 2. The minimum Gasteiger partial charge on any atom is -0.497 e. The van der Waals surface area contributed by atoms with Gasteiger partial charge in [0, 0.05) is 31.6 Å². The maximum atomic E-state index is 11.6. The van der Waals surface area contributed by atoms with E-state index in [1.165, 1.54) is 25.6 Å². The number of carbonyl (C=O) groups is 2. The van der Waals surface area contributed by atoms with Crippen LogP contribution in [0.4, 0.5) is 0 Å². The first-order chi connectivity index (χ1) is 16.3. The molecule has 34 heavy (non-hydrogen) atoms. The van der Waals surface area contributed by atoms with Crippen LogP contribution in [0.5, 0.6) is 5.75 Å². The van der Waals surface area contributed by atoms with Crippen LogP contribution in [0.1, 0.15) is 55.0 Å². The van der Waals surface area contributed by atoms with Gasteiger partial charge in [-0.1, -0.05) is 18.2 Å². The Bertz CT molecular complexity index is 1060. The van der Waals surface area contributed by atoms with E-state index in [4.69, 9.17) is 18.9 Å². The standard InChI is InChI=1S/C26H29NO6S/c1-16(28)31-15-23-12-22(32-17(2)29)13-25(33-23)24-10-19(20(14-27)11-26(24)34-4)9-18-5-7-21(30-3)8-6-18/h5-8,10-11,22-23,25H,9,12-13,15H2,1-4H3. The quantitative estimate of drug-likeness (QED) is 0.397. The zero-order valence-electron chi connectivity index (χ0n) is 19.8. The van der Waals surface area contributed by atoms with Gasteiger partial charge in [0.2, 0.25) is 0 Å². The van der Waals surface area contributed by atoms with Gasteiger partial charge in [0.05, 0.1) is 31.0 Å². The average Bonchev–Trinajstić information content (AvgIpc) is 2.82.